The molecule has 0 aliphatic heterocycles. The fraction of sp³-hybridized carbons (Fsp3) is 0.320. The molecule has 0 aliphatic carbocycles. The highest BCUT2D eigenvalue weighted by Gasteiger charge is 2.23. The quantitative estimate of drug-likeness (QED) is 0.287. The van der Waals surface area contributed by atoms with E-state index in [0.29, 0.717) is 22.3 Å². The molecule has 1 amide bonds. The first-order chi connectivity index (χ1) is 15.2. The SMILES string of the molecule is Cc1cc(Cl)cc2sc(N(CCCn3ccnc3)C(=O)c3ccc(C(C)(C)C)cc3)nc12.Cl. The molecule has 0 atom stereocenters. The number of anilines is 1. The van der Waals surface area contributed by atoms with Gasteiger partial charge in [-0.05, 0) is 54.2 Å². The van der Waals surface area contributed by atoms with Crippen LogP contribution in [0.2, 0.25) is 5.02 Å². The maximum absolute atomic E-state index is 13.6. The van der Waals surface area contributed by atoms with Crippen molar-refractivity contribution in [3.8, 4) is 0 Å². The molecule has 0 unspecified atom stereocenters. The van der Waals surface area contributed by atoms with Crippen LogP contribution in [0.3, 0.4) is 0 Å². The summed E-state index contributed by atoms with van der Waals surface area (Å²) in [5, 5.41) is 1.38. The van der Waals surface area contributed by atoms with Crippen LogP contribution in [-0.4, -0.2) is 27.0 Å². The highest BCUT2D eigenvalue weighted by molar-refractivity contribution is 7.22. The molecule has 0 saturated heterocycles. The summed E-state index contributed by atoms with van der Waals surface area (Å²) in [5.41, 5.74) is 3.80. The van der Waals surface area contributed by atoms with Crippen molar-refractivity contribution in [2.45, 2.75) is 46.1 Å². The molecule has 0 N–H and O–H groups in total. The molecule has 0 spiro atoms. The van der Waals surface area contributed by atoms with E-state index >= 15 is 0 Å². The van der Waals surface area contributed by atoms with E-state index in [4.69, 9.17) is 16.6 Å². The number of carbonyl (C=O) groups excluding carboxylic acids is 1. The second-order valence-electron chi connectivity index (χ2n) is 9.00. The van der Waals surface area contributed by atoms with Crippen LogP contribution in [0, 0.1) is 6.92 Å². The van der Waals surface area contributed by atoms with Crippen LogP contribution in [0.5, 0.6) is 0 Å². The van der Waals surface area contributed by atoms with Gasteiger partial charge in [-0.25, -0.2) is 9.97 Å². The summed E-state index contributed by atoms with van der Waals surface area (Å²) >= 11 is 7.76. The topological polar surface area (TPSA) is 51.0 Å². The van der Waals surface area contributed by atoms with Crippen molar-refractivity contribution in [3.05, 3.63) is 76.8 Å². The lowest BCUT2D eigenvalue weighted by Crippen LogP contribution is -2.32. The summed E-state index contributed by atoms with van der Waals surface area (Å²) in [6.07, 6.45) is 6.28. The van der Waals surface area contributed by atoms with Crippen LogP contribution in [0.15, 0.2) is 55.1 Å². The van der Waals surface area contributed by atoms with Crippen molar-refractivity contribution in [1.29, 1.82) is 0 Å². The summed E-state index contributed by atoms with van der Waals surface area (Å²) in [4.78, 5) is 24.3. The lowest BCUT2D eigenvalue weighted by Gasteiger charge is -2.22. The Kier molecular flexibility index (Phi) is 7.83. The van der Waals surface area contributed by atoms with Gasteiger partial charge in [0.25, 0.3) is 5.91 Å². The largest absolute Gasteiger partial charge is 0.337 e. The smallest absolute Gasteiger partial charge is 0.260 e. The summed E-state index contributed by atoms with van der Waals surface area (Å²) in [5.74, 6) is -0.0427. The van der Waals surface area contributed by atoms with Gasteiger partial charge in [-0.15, -0.1) is 12.4 Å². The predicted octanol–water partition coefficient (Wildman–Crippen LogP) is 6.91. The minimum atomic E-state index is -0.0427. The Bertz CT molecular complexity index is 1230. The number of nitrogens with zero attached hydrogens (tertiary/aromatic N) is 4. The van der Waals surface area contributed by atoms with Crippen molar-refractivity contribution in [2.75, 3.05) is 11.4 Å². The molecule has 4 rings (SSSR count). The van der Waals surface area contributed by atoms with E-state index in [1.165, 1.54) is 16.9 Å². The van der Waals surface area contributed by atoms with Gasteiger partial charge in [0.2, 0.25) is 0 Å². The molecule has 2 aromatic carbocycles. The third-order valence-electron chi connectivity index (χ3n) is 5.47. The van der Waals surface area contributed by atoms with Crippen molar-refractivity contribution in [3.63, 3.8) is 0 Å². The highest BCUT2D eigenvalue weighted by atomic mass is 35.5. The Hall–Kier alpha value is -2.41. The van der Waals surface area contributed by atoms with Crippen molar-refractivity contribution >= 4 is 56.6 Å². The third-order valence-corrected chi connectivity index (χ3v) is 6.71. The van der Waals surface area contributed by atoms with Gasteiger partial charge in [-0.2, -0.15) is 0 Å². The van der Waals surface area contributed by atoms with E-state index in [1.54, 1.807) is 17.4 Å². The van der Waals surface area contributed by atoms with Crippen LogP contribution in [0.4, 0.5) is 5.13 Å². The number of aryl methyl sites for hydroxylation is 2. The number of hydrogen-bond donors (Lipinski definition) is 0. The normalized spacial score (nSPS) is 11.4. The summed E-state index contributed by atoms with van der Waals surface area (Å²) in [7, 11) is 0. The fourth-order valence-corrected chi connectivity index (χ4v) is 5.09. The zero-order valence-electron chi connectivity index (χ0n) is 19.2. The summed E-state index contributed by atoms with van der Waals surface area (Å²) < 4.78 is 3.00. The lowest BCUT2D eigenvalue weighted by atomic mass is 9.86. The summed E-state index contributed by atoms with van der Waals surface area (Å²) in [6.45, 7) is 9.84. The molecule has 0 saturated carbocycles. The van der Waals surface area contributed by atoms with Gasteiger partial charge in [0.1, 0.15) is 0 Å². The number of benzene rings is 2. The molecule has 5 nitrogen and oxygen atoms in total. The minimum Gasteiger partial charge on any atom is -0.337 e. The number of carbonyl (C=O) groups is 1. The van der Waals surface area contributed by atoms with Crippen LogP contribution in [-0.2, 0) is 12.0 Å². The Balaban J connectivity index is 0.00000306. The van der Waals surface area contributed by atoms with Crippen molar-refractivity contribution in [2.24, 2.45) is 0 Å². The van der Waals surface area contributed by atoms with Crippen LogP contribution in [0.25, 0.3) is 10.2 Å². The molecular weight excluding hydrogens is 475 g/mol. The average Bonchev–Trinajstić information content (AvgIpc) is 3.40. The molecule has 174 valence electrons. The number of aromatic nitrogens is 3. The van der Waals surface area contributed by atoms with E-state index in [-0.39, 0.29) is 23.7 Å². The molecule has 8 heteroatoms. The number of imidazole rings is 1. The molecule has 33 heavy (non-hydrogen) atoms. The molecule has 0 bridgehead atoms. The average molecular weight is 503 g/mol. The zero-order valence-corrected chi connectivity index (χ0v) is 21.6. The maximum atomic E-state index is 13.6. The van der Waals surface area contributed by atoms with Gasteiger partial charge in [0.15, 0.2) is 5.13 Å². The van der Waals surface area contributed by atoms with Gasteiger partial charge in [0.05, 0.1) is 16.5 Å². The molecule has 0 aliphatic rings. The van der Waals surface area contributed by atoms with Gasteiger partial charge in [-0.3, -0.25) is 9.69 Å². The van der Waals surface area contributed by atoms with E-state index < -0.39 is 0 Å². The van der Waals surface area contributed by atoms with E-state index in [0.717, 1.165) is 28.7 Å². The number of halogens is 2. The first-order valence-corrected chi connectivity index (χ1v) is 11.9. The van der Waals surface area contributed by atoms with Gasteiger partial charge in [-0.1, -0.05) is 55.8 Å². The fourth-order valence-electron chi connectivity index (χ4n) is 3.64. The van der Waals surface area contributed by atoms with E-state index in [1.807, 2.05) is 54.1 Å². The van der Waals surface area contributed by atoms with Crippen LogP contribution < -0.4 is 4.90 Å². The van der Waals surface area contributed by atoms with Gasteiger partial charge in [0, 0.05) is 36.1 Å². The Labute approximate surface area is 209 Å². The van der Waals surface area contributed by atoms with Crippen LogP contribution >= 0.6 is 35.3 Å². The number of hydrogen-bond acceptors (Lipinski definition) is 4. The first-order valence-electron chi connectivity index (χ1n) is 10.7. The number of fused-ring (bicyclic) bond motifs is 1. The first kappa shape index (κ1) is 25.2. The summed E-state index contributed by atoms with van der Waals surface area (Å²) in [6, 6.07) is 11.7. The van der Waals surface area contributed by atoms with Crippen molar-refractivity contribution in [1.82, 2.24) is 14.5 Å². The highest BCUT2D eigenvalue weighted by Crippen LogP contribution is 2.34. The zero-order chi connectivity index (χ0) is 22.9. The predicted molar refractivity (Wildman–Crippen MR) is 140 cm³/mol. The molecule has 0 radical (unpaired) electrons. The lowest BCUT2D eigenvalue weighted by molar-refractivity contribution is 0.0986. The number of amides is 1. The standard InChI is InChI=1S/C25H27ClN4OS.ClH/c1-17-14-20(26)15-21-22(17)28-24(32-21)30(12-5-11-29-13-10-27-16-29)23(31)18-6-8-19(9-7-18)25(2,3)4;/h6-10,13-16H,5,11-12H2,1-4H3;1H. The third kappa shape index (κ3) is 5.75. The molecule has 4 aromatic rings. The maximum Gasteiger partial charge on any atom is 0.260 e. The molecule has 2 heterocycles. The van der Waals surface area contributed by atoms with E-state index in [2.05, 4.69) is 25.8 Å². The molecule has 0 fully saturated rings. The minimum absolute atomic E-state index is 0. The van der Waals surface area contributed by atoms with Gasteiger partial charge >= 0.3 is 0 Å². The van der Waals surface area contributed by atoms with Gasteiger partial charge < -0.3 is 4.57 Å². The Morgan fingerprint density at radius 1 is 1.18 bits per heavy atom. The molecule has 2 aromatic heterocycles. The Morgan fingerprint density at radius 3 is 2.55 bits per heavy atom. The second-order valence-corrected chi connectivity index (χ2v) is 10.4. The second kappa shape index (κ2) is 10.2. The van der Waals surface area contributed by atoms with Crippen molar-refractivity contribution < 1.29 is 4.79 Å². The number of thiazole rings is 1. The Morgan fingerprint density at radius 2 is 1.91 bits per heavy atom. The molecular formula is C25H28Cl2N4OS. The van der Waals surface area contributed by atoms with Crippen LogP contribution in [0.1, 0.15) is 48.7 Å². The number of rotatable bonds is 6. The van der Waals surface area contributed by atoms with E-state index in [9.17, 15) is 4.79 Å². The monoisotopic (exact) mass is 502 g/mol.